The third-order valence-electron chi connectivity index (χ3n) is 10.2. The van der Waals surface area contributed by atoms with Crippen LogP contribution < -0.4 is 5.32 Å². The van der Waals surface area contributed by atoms with E-state index in [4.69, 9.17) is 4.74 Å². The molecular formula is C34H35NO9S. The molecular weight excluding hydrogens is 598 g/mol. The number of esters is 1. The molecule has 1 spiro atoms. The highest BCUT2D eigenvalue weighted by molar-refractivity contribution is 8.04. The highest BCUT2D eigenvalue weighted by atomic mass is 32.2. The Labute approximate surface area is 264 Å². The van der Waals surface area contributed by atoms with E-state index in [0.717, 1.165) is 41.9 Å². The fourth-order valence-corrected chi connectivity index (χ4v) is 9.44. The molecule has 2 heterocycles. The number of phenols is 2. The van der Waals surface area contributed by atoms with E-state index in [1.807, 2.05) is 31.2 Å². The summed E-state index contributed by atoms with van der Waals surface area (Å²) in [4.78, 5) is 52.0. The van der Waals surface area contributed by atoms with Gasteiger partial charge in [0.2, 0.25) is 5.91 Å². The molecule has 4 fully saturated rings. The average molecular weight is 634 g/mol. The second-order valence-electron chi connectivity index (χ2n) is 13.0. The van der Waals surface area contributed by atoms with Crippen LogP contribution in [0.4, 0.5) is 5.69 Å². The number of aromatic carboxylic acids is 1. The highest BCUT2D eigenvalue weighted by Gasteiger charge is 2.72. The van der Waals surface area contributed by atoms with Gasteiger partial charge in [0.15, 0.2) is 11.5 Å². The number of phenolic OH excluding ortho intramolecular Hbond substituents is 1. The summed E-state index contributed by atoms with van der Waals surface area (Å²) >= 11 is 1.39. The number of Topliss-reactive ketones (excluding diaryl/α,β-unsaturated/α-hetero) is 1. The van der Waals surface area contributed by atoms with E-state index < -0.39 is 40.3 Å². The number of amides is 1. The number of benzene rings is 2. The molecule has 2 aromatic carbocycles. The lowest BCUT2D eigenvalue weighted by molar-refractivity contribution is -0.169. The Morgan fingerprint density at radius 2 is 1.87 bits per heavy atom. The van der Waals surface area contributed by atoms with Crippen molar-refractivity contribution >= 4 is 47.2 Å². The number of nitrogens with one attached hydrogen (secondary N) is 1. The summed E-state index contributed by atoms with van der Waals surface area (Å²) in [5.74, 6) is -3.41. The number of anilines is 1. The van der Waals surface area contributed by atoms with Crippen LogP contribution in [-0.4, -0.2) is 57.8 Å². The molecule has 3 aliphatic carbocycles. The molecule has 236 valence electrons. The van der Waals surface area contributed by atoms with Gasteiger partial charge in [-0.2, -0.15) is 0 Å². The molecule has 7 rings (SSSR count). The molecule has 2 aliphatic heterocycles. The van der Waals surface area contributed by atoms with Crippen molar-refractivity contribution in [2.24, 2.45) is 22.7 Å². The van der Waals surface area contributed by atoms with Crippen LogP contribution in [-0.2, 0) is 23.9 Å². The largest absolute Gasteiger partial charge is 0.506 e. The van der Waals surface area contributed by atoms with E-state index in [1.165, 1.54) is 24.9 Å². The number of carbonyl (C=O) groups excluding carboxylic acids is 3. The summed E-state index contributed by atoms with van der Waals surface area (Å²) in [6.45, 7) is 4.08. The fourth-order valence-electron chi connectivity index (χ4n) is 8.30. The molecule has 2 saturated heterocycles. The summed E-state index contributed by atoms with van der Waals surface area (Å²) in [5, 5.41) is 32.4. The lowest BCUT2D eigenvalue weighted by Crippen LogP contribution is -2.57. The van der Waals surface area contributed by atoms with Gasteiger partial charge < -0.3 is 30.1 Å². The van der Waals surface area contributed by atoms with Crippen molar-refractivity contribution in [1.82, 2.24) is 0 Å². The van der Waals surface area contributed by atoms with Crippen LogP contribution in [0.25, 0.3) is 6.08 Å². The second-order valence-corrected chi connectivity index (χ2v) is 14.1. The van der Waals surface area contributed by atoms with Gasteiger partial charge in [0.05, 0.1) is 23.7 Å². The van der Waals surface area contributed by atoms with Crippen molar-refractivity contribution in [1.29, 1.82) is 0 Å². The van der Waals surface area contributed by atoms with Crippen LogP contribution in [0.3, 0.4) is 0 Å². The number of hydrogen-bond acceptors (Lipinski definition) is 9. The Morgan fingerprint density at radius 1 is 1.13 bits per heavy atom. The zero-order valence-corrected chi connectivity index (χ0v) is 26.0. The highest BCUT2D eigenvalue weighted by Crippen LogP contribution is 2.72. The molecule has 0 radical (unpaired) electrons. The van der Waals surface area contributed by atoms with Gasteiger partial charge in [-0.25, -0.2) is 9.59 Å². The topological polar surface area (TPSA) is 159 Å². The fraction of sp³-hybridized carbons (Fsp3) is 0.412. The third kappa shape index (κ3) is 5.21. The van der Waals surface area contributed by atoms with E-state index in [0.29, 0.717) is 10.8 Å². The van der Waals surface area contributed by atoms with Crippen LogP contribution >= 0.6 is 11.8 Å². The maximum atomic E-state index is 14.4. The van der Waals surface area contributed by atoms with Gasteiger partial charge in [0.25, 0.3) is 0 Å². The zero-order valence-electron chi connectivity index (χ0n) is 25.2. The number of aromatic hydroxyl groups is 2. The minimum atomic E-state index is -1.41. The van der Waals surface area contributed by atoms with Crippen LogP contribution in [0.5, 0.6) is 11.5 Å². The maximum absolute atomic E-state index is 14.4. The Balaban J connectivity index is 1.26. The van der Waals surface area contributed by atoms with Crippen molar-refractivity contribution in [2.45, 2.75) is 62.6 Å². The first-order chi connectivity index (χ1) is 21.3. The van der Waals surface area contributed by atoms with Gasteiger partial charge in [0.1, 0.15) is 17.0 Å². The summed E-state index contributed by atoms with van der Waals surface area (Å²) < 4.78 is 11.2. The lowest BCUT2D eigenvalue weighted by atomic mass is 9.51. The second kappa shape index (κ2) is 11.1. The van der Waals surface area contributed by atoms with E-state index in [9.17, 15) is 34.5 Å². The van der Waals surface area contributed by atoms with E-state index in [1.54, 1.807) is 6.08 Å². The van der Waals surface area contributed by atoms with Crippen LogP contribution in [0, 0.1) is 22.7 Å². The first-order valence-electron chi connectivity index (χ1n) is 14.9. The number of ketones is 1. The van der Waals surface area contributed by atoms with Gasteiger partial charge >= 0.3 is 11.9 Å². The molecule has 5 aliphatic rings. The zero-order chi connectivity index (χ0) is 32.3. The lowest BCUT2D eigenvalue weighted by Gasteiger charge is -2.56. The van der Waals surface area contributed by atoms with E-state index in [2.05, 4.69) is 23.1 Å². The minimum absolute atomic E-state index is 0.0632. The third-order valence-corrected chi connectivity index (χ3v) is 11.2. The molecule has 1 amide bonds. The molecule has 0 aromatic heterocycles. The molecule has 0 unspecified atom stereocenters. The molecule has 45 heavy (non-hydrogen) atoms. The number of carboxylic acid groups (broad SMARTS) is 1. The number of rotatable bonds is 9. The van der Waals surface area contributed by atoms with Crippen molar-refractivity contribution in [3.63, 3.8) is 0 Å². The molecule has 2 aromatic rings. The summed E-state index contributed by atoms with van der Waals surface area (Å²) in [6, 6.07) is 9.66. The molecule has 6 atom stereocenters. The maximum Gasteiger partial charge on any atom is 0.339 e. The van der Waals surface area contributed by atoms with Crippen LogP contribution in [0.1, 0.15) is 61.9 Å². The molecule has 4 N–H and O–H groups in total. The number of methoxy groups -OCH3 is 1. The minimum Gasteiger partial charge on any atom is -0.506 e. The van der Waals surface area contributed by atoms with Crippen LogP contribution in [0.15, 0.2) is 58.4 Å². The molecule has 11 heteroatoms. The Kier molecular flexibility index (Phi) is 7.60. The average Bonchev–Trinajstić information content (AvgIpc) is 3.36. The number of carboxylic acids is 1. The first-order valence-corrected chi connectivity index (χ1v) is 15.7. The van der Waals surface area contributed by atoms with Gasteiger partial charge in [-0.1, -0.05) is 36.9 Å². The molecule has 4 bridgehead atoms. The van der Waals surface area contributed by atoms with Crippen molar-refractivity contribution in [2.75, 3.05) is 12.4 Å². The van der Waals surface area contributed by atoms with Gasteiger partial charge in [-0.05, 0) is 79.8 Å². The van der Waals surface area contributed by atoms with E-state index in [-0.39, 0.29) is 47.4 Å². The molecule has 2 saturated carbocycles. The molecule has 10 nitrogen and oxygen atoms in total. The smallest absolute Gasteiger partial charge is 0.339 e. The number of carbonyl (C=O) groups is 4. The van der Waals surface area contributed by atoms with Crippen LogP contribution in [0.2, 0.25) is 0 Å². The van der Waals surface area contributed by atoms with Gasteiger partial charge in [-0.3, -0.25) is 9.59 Å². The first kappa shape index (κ1) is 30.9. The normalized spacial score (nSPS) is 31.1. The summed E-state index contributed by atoms with van der Waals surface area (Å²) in [6.07, 6.45) is 7.73. The predicted octanol–water partition coefficient (Wildman–Crippen LogP) is 5.54. The van der Waals surface area contributed by atoms with Gasteiger partial charge in [-0.15, -0.1) is 0 Å². The number of hydrogen-bond donors (Lipinski definition) is 4. The van der Waals surface area contributed by atoms with Crippen molar-refractivity contribution in [3.05, 3.63) is 64.6 Å². The Hall–Kier alpha value is -4.09. The van der Waals surface area contributed by atoms with Crippen molar-refractivity contribution < 1.29 is 44.0 Å². The quantitative estimate of drug-likeness (QED) is 0.157. The Bertz CT molecular complexity index is 1670. The standard InChI is InChI=1S/C34H35NO9S/c1-32(13-12-25(37)35-27-22(36)10-9-21(28(27)39)31(41)42)29-23-14-19-15-34(29,17-33(19,2)44-23)16-24(30(32)40)45-20-7-4-18(5-8-20)6-11-26(38)43-3/h4-11,16,19,23,29,36,39H,12-15,17H2,1-3H3,(H,35,37)(H,41,42)/b11-6+/t19-,23+,29+,32+,33+,34-/m1/s1. The number of allylic oxidation sites excluding steroid dienone is 2. The van der Waals surface area contributed by atoms with E-state index >= 15 is 0 Å². The Morgan fingerprint density at radius 3 is 2.53 bits per heavy atom. The number of ether oxygens (including phenoxy) is 2. The number of thioether (sulfide) groups is 1. The summed E-state index contributed by atoms with van der Waals surface area (Å²) in [5.41, 5.74) is -1.47. The SMILES string of the molecule is COC(=O)/C=C/c1ccc(SC2=C[C@]34C[C@H]5C[C@H](O[C@@]5(C)C3)[C@H]4[C@](C)(CCC(=O)Nc3c(O)ccc(C(=O)O)c3O)C2=O)cc1. The van der Waals surface area contributed by atoms with Gasteiger partial charge in [0, 0.05) is 28.7 Å². The predicted molar refractivity (Wildman–Crippen MR) is 166 cm³/mol. The van der Waals surface area contributed by atoms with Crippen molar-refractivity contribution in [3.8, 4) is 11.5 Å². The summed E-state index contributed by atoms with van der Waals surface area (Å²) in [7, 11) is 1.32. The monoisotopic (exact) mass is 633 g/mol.